The quantitative estimate of drug-likeness (QED) is 0.593. The van der Waals surface area contributed by atoms with E-state index in [1.54, 1.807) is 0 Å². The van der Waals surface area contributed by atoms with Crippen LogP contribution in [-0.2, 0) is 0 Å². The summed E-state index contributed by atoms with van der Waals surface area (Å²) in [4.78, 5) is 0. The first-order chi connectivity index (χ1) is 7.15. The smallest absolute Gasteiger partial charge is 0.0456 e. The molecule has 0 amide bonds. The van der Waals surface area contributed by atoms with Crippen LogP contribution in [0.4, 0.5) is 0 Å². The Hall–Kier alpha value is -0.790. The number of halogens is 1. The van der Waals surface area contributed by atoms with Crippen molar-refractivity contribution in [3.05, 3.63) is 47.0 Å². The Balaban J connectivity index is 2.64. The van der Waals surface area contributed by atoms with Crippen molar-refractivity contribution in [2.45, 2.75) is 32.2 Å². The highest BCUT2D eigenvalue weighted by Crippen LogP contribution is 2.25. The number of benzene rings is 1. The predicted molar refractivity (Wildman–Crippen MR) is 67.2 cm³/mol. The molecule has 15 heavy (non-hydrogen) atoms. The minimum Gasteiger partial charge on any atom is -0.324 e. The average Bonchev–Trinajstić information content (AvgIpc) is 2.17. The molecule has 0 aliphatic carbocycles. The standard InChI is InChI=1S/C13H18ClN/c1-3-4-5-6-13(15)11-8-7-10(2)9-12(11)14/h3,7-9,13H,1,4-6,15H2,2H3. The second kappa shape index (κ2) is 5.94. The van der Waals surface area contributed by atoms with Crippen LogP contribution in [-0.4, -0.2) is 0 Å². The fourth-order valence-electron chi connectivity index (χ4n) is 1.57. The van der Waals surface area contributed by atoms with Crippen LogP contribution >= 0.6 is 11.6 Å². The maximum absolute atomic E-state index is 6.14. The third-order valence-electron chi connectivity index (χ3n) is 2.48. The first-order valence-electron chi connectivity index (χ1n) is 5.27. The molecular weight excluding hydrogens is 206 g/mol. The molecule has 0 aliphatic rings. The van der Waals surface area contributed by atoms with Gasteiger partial charge in [-0.25, -0.2) is 0 Å². The largest absolute Gasteiger partial charge is 0.324 e. The number of hydrogen-bond acceptors (Lipinski definition) is 1. The molecule has 0 spiro atoms. The Kier molecular flexibility index (Phi) is 4.86. The van der Waals surface area contributed by atoms with Crippen molar-refractivity contribution in [3.63, 3.8) is 0 Å². The van der Waals surface area contributed by atoms with E-state index in [-0.39, 0.29) is 6.04 Å². The molecule has 0 bridgehead atoms. The minimum absolute atomic E-state index is 0.0399. The molecule has 0 saturated heterocycles. The number of allylic oxidation sites excluding steroid dienone is 1. The lowest BCUT2D eigenvalue weighted by atomic mass is 10.0. The van der Waals surface area contributed by atoms with Gasteiger partial charge >= 0.3 is 0 Å². The van der Waals surface area contributed by atoms with Crippen LogP contribution in [0.3, 0.4) is 0 Å². The van der Waals surface area contributed by atoms with Gasteiger partial charge in [0.1, 0.15) is 0 Å². The van der Waals surface area contributed by atoms with Gasteiger partial charge in [0, 0.05) is 11.1 Å². The summed E-state index contributed by atoms with van der Waals surface area (Å²) in [6.07, 6.45) is 4.95. The topological polar surface area (TPSA) is 26.0 Å². The van der Waals surface area contributed by atoms with E-state index in [1.165, 1.54) is 5.56 Å². The first kappa shape index (κ1) is 12.3. The fourth-order valence-corrected chi connectivity index (χ4v) is 1.95. The third-order valence-corrected chi connectivity index (χ3v) is 2.81. The lowest BCUT2D eigenvalue weighted by molar-refractivity contribution is 0.617. The van der Waals surface area contributed by atoms with Gasteiger partial charge in [-0.05, 0) is 43.4 Å². The maximum atomic E-state index is 6.14. The van der Waals surface area contributed by atoms with Crippen molar-refractivity contribution in [1.82, 2.24) is 0 Å². The highest BCUT2D eigenvalue weighted by Gasteiger charge is 2.09. The van der Waals surface area contributed by atoms with Crippen molar-refractivity contribution < 1.29 is 0 Å². The molecule has 0 heterocycles. The normalized spacial score (nSPS) is 12.5. The Bertz CT molecular complexity index is 333. The fraction of sp³-hybridized carbons (Fsp3) is 0.385. The van der Waals surface area contributed by atoms with Gasteiger partial charge in [-0.1, -0.05) is 29.8 Å². The average molecular weight is 224 g/mol. The van der Waals surface area contributed by atoms with Crippen LogP contribution in [0, 0.1) is 6.92 Å². The van der Waals surface area contributed by atoms with Gasteiger partial charge in [0.05, 0.1) is 0 Å². The van der Waals surface area contributed by atoms with Gasteiger partial charge in [0.25, 0.3) is 0 Å². The van der Waals surface area contributed by atoms with E-state index >= 15 is 0 Å². The molecule has 1 aromatic rings. The Morgan fingerprint density at radius 3 is 2.87 bits per heavy atom. The van der Waals surface area contributed by atoms with E-state index in [4.69, 9.17) is 17.3 Å². The monoisotopic (exact) mass is 223 g/mol. The van der Waals surface area contributed by atoms with E-state index in [9.17, 15) is 0 Å². The summed E-state index contributed by atoms with van der Waals surface area (Å²) in [6.45, 7) is 5.72. The molecule has 1 aromatic carbocycles. The Morgan fingerprint density at radius 1 is 1.53 bits per heavy atom. The van der Waals surface area contributed by atoms with Crippen LogP contribution in [0.25, 0.3) is 0 Å². The molecule has 1 rings (SSSR count). The van der Waals surface area contributed by atoms with Crippen molar-refractivity contribution >= 4 is 11.6 Å². The molecule has 1 nitrogen and oxygen atoms in total. The Labute approximate surface area is 96.9 Å². The number of hydrogen-bond donors (Lipinski definition) is 1. The highest BCUT2D eigenvalue weighted by atomic mass is 35.5. The molecule has 0 saturated carbocycles. The molecule has 0 aromatic heterocycles. The van der Waals surface area contributed by atoms with Gasteiger partial charge in [0.15, 0.2) is 0 Å². The van der Waals surface area contributed by atoms with Gasteiger partial charge in [-0.15, -0.1) is 6.58 Å². The van der Waals surface area contributed by atoms with Crippen LogP contribution in [0.1, 0.15) is 36.4 Å². The zero-order valence-corrected chi connectivity index (χ0v) is 9.93. The lowest BCUT2D eigenvalue weighted by Gasteiger charge is -2.13. The molecule has 0 radical (unpaired) electrons. The van der Waals surface area contributed by atoms with Crippen LogP contribution in [0.2, 0.25) is 5.02 Å². The zero-order valence-electron chi connectivity index (χ0n) is 9.17. The van der Waals surface area contributed by atoms with E-state index < -0.39 is 0 Å². The molecule has 1 unspecified atom stereocenters. The number of aryl methyl sites for hydroxylation is 1. The van der Waals surface area contributed by atoms with Crippen molar-refractivity contribution in [1.29, 1.82) is 0 Å². The zero-order chi connectivity index (χ0) is 11.3. The summed E-state index contributed by atoms with van der Waals surface area (Å²) in [7, 11) is 0. The second-order valence-electron chi connectivity index (χ2n) is 3.85. The molecule has 82 valence electrons. The van der Waals surface area contributed by atoms with Crippen molar-refractivity contribution in [3.8, 4) is 0 Å². The van der Waals surface area contributed by atoms with Gasteiger partial charge in [0.2, 0.25) is 0 Å². The van der Waals surface area contributed by atoms with E-state index in [1.807, 2.05) is 25.1 Å². The Morgan fingerprint density at radius 2 is 2.27 bits per heavy atom. The summed E-state index contributed by atoms with van der Waals surface area (Å²) in [5.74, 6) is 0. The molecule has 0 aliphatic heterocycles. The third kappa shape index (κ3) is 3.69. The van der Waals surface area contributed by atoms with E-state index in [0.29, 0.717) is 0 Å². The van der Waals surface area contributed by atoms with Gasteiger partial charge in [-0.2, -0.15) is 0 Å². The lowest BCUT2D eigenvalue weighted by Crippen LogP contribution is -2.10. The van der Waals surface area contributed by atoms with E-state index in [0.717, 1.165) is 29.8 Å². The highest BCUT2D eigenvalue weighted by molar-refractivity contribution is 6.31. The summed E-state index contributed by atoms with van der Waals surface area (Å²) in [5.41, 5.74) is 8.28. The maximum Gasteiger partial charge on any atom is 0.0456 e. The first-order valence-corrected chi connectivity index (χ1v) is 5.65. The molecule has 0 fully saturated rings. The van der Waals surface area contributed by atoms with Crippen LogP contribution < -0.4 is 5.73 Å². The molecule has 1 atom stereocenters. The summed E-state index contributed by atoms with van der Waals surface area (Å²) >= 11 is 6.14. The molecular formula is C13H18ClN. The van der Waals surface area contributed by atoms with Gasteiger partial charge < -0.3 is 5.73 Å². The SMILES string of the molecule is C=CCCCC(N)c1ccc(C)cc1Cl. The van der Waals surface area contributed by atoms with Crippen LogP contribution in [0.5, 0.6) is 0 Å². The molecule has 2 N–H and O–H groups in total. The predicted octanol–water partition coefficient (Wildman–Crippen LogP) is 4.00. The molecule has 2 heteroatoms. The number of nitrogens with two attached hydrogens (primary N) is 1. The number of unbranched alkanes of at least 4 members (excludes halogenated alkanes) is 1. The minimum atomic E-state index is 0.0399. The van der Waals surface area contributed by atoms with Crippen LogP contribution in [0.15, 0.2) is 30.9 Å². The second-order valence-corrected chi connectivity index (χ2v) is 4.26. The van der Waals surface area contributed by atoms with E-state index in [2.05, 4.69) is 12.6 Å². The summed E-state index contributed by atoms with van der Waals surface area (Å²) in [6, 6.07) is 6.08. The van der Waals surface area contributed by atoms with Crippen molar-refractivity contribution in [2.75, 3.05) is 0 Å². The summed E-state index contributed by atoms with van der Waals surface area (Å²) in [5, 5.41) is 0.779. The summed E-state index contributed by atoms with van der Waals surface area (Å²) < 4.78 is 0. The number of rotatable bonds is 5. The van der Waals surface area contributed by atoms with Gasteiger partial charge in [-0.3, -0.25) is 0 Å². The van der Waals surface area contributed by atoms with Crippen molar-refractivity contribution in [2.24, 2.45) is 5.73 Å².